The first-order chi connectivity index (χ1) is 5.24. The van der Waals surface area contributed by atoms with Crippen molar-refractivity contribution in [1.29, 1.82) is 0 Å². The summed E-state index contributed by atoms with van der Waals surface area (Å²) in [7, 11) is 0. The maximum atomic E-state index is 2.18. The molecule has 0 aliphatic rings. The Bertz CT molecular complexity index is 20.7. The zero-order chi connectivity index (χ0) is 9.54. The third kappa shape index (κ3) is 528. The third-order valence-corrected chi connectivity index (χ3v) is 1.000. The summed E-state index contributed by atoms with van der Waals surface area (Å²) in [5.41, 5.74) is 0. The van der Waals surface area contributed by atoms with Gasteiger partial charge in [0.1, 0.15) is 0 Å². The van der Waals surface area contributed by atoms with Gasteiger partial charge in [0.05, 0.1) is 0 Å². The van der Waals surface area contributed by atoms with Crippen LogP contribution in [-0.4, -0.2) is 0 Å². The maximum Gasteiger partial charge on any atom is 0 e. The molecule has 0 rings (SSSR count). The zero-order valence-corrected chi connectivity index (χ0v) is 14.4. The topological polar surface area (TPSA) is 0 Å². The first-order valence-electron chi connectivity index (χ1n) is 5.24. The van der Waals surface area contributed by atoms with Gasteiger partial charge in [0.15, 0.2) is 0 Å². The van der Waals surface area contributed by atoms with Crippen LogP contribution in [-0.2, 0) is 18.6 Å². The van der Waals surface area contributed by atoms with Crippen LogP contribution in [0.5, 0.6) is 0 Å². The minimum Gasteiger partial charge on any atom is -0.358 e. The Hall–Kier alpha value is 0.584. The first kappa shape index (κ1) is 65.6. The predicted molar refractivity (Wildman–Crippen MR) is 89.8 cm³/mol. The predicted octanol–water partition coefficient (Wildman–Crippen LogP) is 7.65. The Morgan fingerprint density at radius 3 is 0.529 bits per heavy atom. The molecular formula is C16H45V-3. The molecule has 117 valence electrons. The van der Waals surface area contributed by atoms with E-state index in [-0.39, 0.29) is 55.7 Å². The molecule has 0 aliphatic carbocycles. The fraction of sp³-hybridized carbons (Fsp3) is 0.812. The molecule has 1 heteroatoms. The van der Waals surface area contributed by atoms with Crippen molar-refractivity contribution >= 4 is 0 Å². The Morgan fingerprint density at radius 1 is 0.471 bits per heavy atom. The van der Waals surface area contributed by atoms with Crippen molar-refractivity contribution in [3.63, 3.8) is 0 Å². The van der Waals surface area contributed by atoms with E-state index in [2.05, 4.69) is 41.5 Å². The summed E-state index contributed by atoms with van der Waals surface area (Å²) in [6.45, 7) is 13.0. The standard InChI is InChI=1S/2C4H10.C3H8.2CH4.3CH3.V/c2*1-3-4-2;1-3-2;;;;;;/h2*3-4H2,1-2H3;3H2,1-2H3;2*1H4;3*1H3;/q;;;;;3*-1;. The number of hydrogen-bond acceptors (Lipinski definition) is 0. The summed E-state index contributed by atoms with van der Waals surface area (Å²) < 4.78 is 0. The van der Waals surface area contributed by atoms with Gasteiger partial charge in [-0.15, -0.1) is 0 Å². The van der Waals surface area contributed by atoms with Gasteiger partial charge in [-0.25, -0.2) is 0 Å². The Labute approximate surface area is 129 Å². The molecule has 0 aliphatic heterocycles. The van der Waals surface area contributed by atoms with Gasteiger partial charge in [-0.3, -0.25) is 0 Å². The van der Waals surface area contributed by atoms with Gasteiger partial charge in [-0.2, -0.15) is 0 Å². The molecule has 0 amide bonds. The molecule has 1 radical (unpaired) electrons. The van der Waals surface area contributed by atoms with Gasteiger partial charge >= 0.3 is 0 Å². The Kier molecular flexibility index (Phi) is 499. The van der Waals surface area contributed by atoms with Crippen LogP contribution in [0.4, 0.5) is 0 Å². The summed E-state index contributed by atoms with van der Waals surface area (Å²) in [5.74, 6) is 0. The summed E-state index contributed by atoms with van der Waals surface area (Å²) >= 11 is 0. The van der Waals surface area contributed by atoms with Crippen molar-refractivity contribution in [2.24, 2.45) is 0 Å². The van der Waals surface area contributed by atoms with E-state index in [4.69, 9.17) is 0 Å². The van der Waals surface area contributed by atoms with E-state index in [0.29, 0.717) is 0 Å². The van der Waals surface area contributed by atoms with Crippen molar-refractivity contribution in [3.8, 4) is 0 Å². The Morgan fingerprint density at radius 2 is 0.529 bits per heavy atom. The monoisotopic (exact) mass is 288 g/mol. The zero-order valence-electron chi connectivity index (χ0n) is 13.0. The van der Waals surface area contributed by atoms with E-state index in [9.17, 15) is 0 Å². The number of rotatable bonds is 2. The molecule has 0 heterocycles. The van der Waals surface area contributed by atoms with Crippen molar-refractivity contribution in [3.05, 3.63) is 22.3 Å². The SMILES string of the molecule is C.C.CCC.CCCC.CCCC.[CH3-].[CH3-].[CH3-].[V]. The molecule has 0 spiro atoms. The molecule has 0 fully saturated rings. The van der Waals surface area contributed by atoms with Crippen LogP contribution in [0, 0.1) is 22.3 Å². The molecule has 0 bridgehead atoms. The molecule has 0 saturated carbocycles. The van der Waals surface area contributed by atoms with Crippen LogP contribution in [0.3, 0.4) is 0 Å². The normalized spacial score (nSPS) is 4.59. The van der Waals surface area contributed by atoms with E-state index < -0.39 is 0 Å². The number of unbranched alkanes of at least 4 members (excludes halogenated alkanes) is 2. The average molecular weight is 288 g/mol. The summed E-state index contributed by atoms with van der Waals surface area (Å²) in [5, 5.41) is 0. The van der Waals surface area contributed by atoms with E-state index in [1.807, 2.05) is 0 Å². The molecule has 17 heavy (non-hydrogen) atoms. The molecule has 0 atom stereocenters. The van der Waals surface area contributed by atoms with E-state index in [1.165, 1.54) is 32.1 Å². The second kappa shape index (κ2) is 129. The second-order valence-corrected chi connectivity index (χ2v) is 2.71. The largest absolute Gasteiger partial charge is 0.358 e. The average Bonchev–Trinajstić information content (AvgIpc) is 2.06. The van der Waals surface area contributed by atoms with Gasteiger partial charge < -0.3 is 22.3 Å². The molecule has 0 aromatic heterocycles. The fourth-order valence-electron chi connectivity index (χ4n) is 0. The van der Waals surface area contributed by atoms with E-state index in [1.54, 1.807) is 0 Å². The minimum absolute atomic E-state index is 0. The van der Waals surface area contributed by atoms with Gasteiger partial charge in [0, 0.05) is 18.6 Å². The van der Waals surface area contributed by atoms with E-state index in [0.717, 1.165) is 0 Å². The van der Waals surface area contributed by atoms with Crippen molar-refractivity contribution in [2.45, 2.75) is 88.5 Å². The smallest absolute Gasteiger partial charge is 0 e. The first-order valence-corrected chi connectivity index (χ1v) is 5.24. The number of hydrogen-bond donors (Lipinski definition) is 0. The molecule has 0 unspecified atom stereocenters. The molecule has 0 nitrogen and oxygen atoms in total. The van der Waals surface area contributed by atoms with Crippen molar-refractivity contribution < 1.29 is 18.6 Å². The van der Waals surface area contributed by atoms with Crippen molar-refractivity contribution in [1.82, 2.24) is 0 Å². The van der Waals surface area contributed by atoms with Gasteiger partial charge in [0.2, 0.25) is 0 Å². The summed E-state index contributed by atoms with van der Waals surface area (Å²) in [4.78, 5) is 0. The van der Waals surface area contributed by atoms with Crippen molar-refractivity contribution in [2.75, 3.05) is 0 Å². The van der Waals surface area contributed by atoms with Crippen LogP contribution in [0.1, 0.15) is 88.5 Å². The molecule has 0 N–H and O–H groups in total. The maximum absolute atomic E-state index is 2.18. The molecule has 0 saturated heterocycles. The molecule has 0 aromatic carbocycles. The molecular weight excluding hydrogens is 243 g/mol. The fourth-order valence-corrected chi connectivity index (χ4v) is 0. The van der Waals surface area contributed by atoms with Crippen LogP contribution in [0.25, 0.3) is 0 Å². The van der Waals surface area contributed by atoms with Gasteiger partial charge in [0.25, 0.3) is 0 Å². The van der Waals surface area contributed by atoms with Crippen LogP contribution in [0.2, 0.25) is 0 Å². The minimum atomic E-state index is 0. The second-order valence-electron chi connectivity index (χ2n) is 2.71. The summed E-state index contributed by atoms with van der Waals surface area (Å²) in [6.07, 6.45) is 6.53. The van der Waals surface area contributed by atoms with Gasteiger partial charge in [-0.1, -0.05) is 88.5 Å². The quantitative estimate of drug-likeness (QED) is 0.458. The third-order valence-electron chi connectivity index (χ3n) is 1.000. The van der Waals surface area contributed by atoms with Crippen LogP contribution in [0.15, 0.2) is 0 Å². The van der Waals surface area contributed by atoms with Crippen LogP contribution >= 0.6 is 0 Å². The Balaban J connectivity index is -0.00000000691. The van der Waals surface area contributed by atoms with Gasteiger partial charge in [-0.05, 0) is 0 Å². The van der Waals surface area contributed by atoms with Crippen LogP contribution < -0.4 is 0 Å². The van der Waals surface area contributed by atoms with E-state index >= 15 is 0 Å². The summed E-state index contributed by atoms with van der Waals surface area (Å²) in [6, 6.07) is 0. The molecule has 0 aromatic rings.